The number of carbonyl (C=O) groups is 4. The van der Waals surface area contributed by atoms with Crippen molar-refractivity contribution < 1.29 is 45.5 Å². The third-order valence-corrected chi connectivity index (χ3v) is 7.27. The van der Waals surface area contributed by atoms with Gasteiger partial charge in [-0.3, -0.25) is 19.2 Å². The number of alkyl halides is 6. The van der Waals surface area contributed by atoms with E-state index in [0.717, 1.165) is 48.5 Å². The fourth-order valence-corrected chi connectivity index (χ4v) is 5.35. The predicted octanol–water partition coefficient (Wildman–Crippen LogP) is 6.22. The highest BCUT2D eigenvalue weighted by atomic mass is 19.4. The lowest BCUT2D eigenvalue weighted by molar-refractivity contribution is -0.138. The normalized spacial score (nSPS) is 14.6. The number of nitrogens with zero attached hydrogens (tertiary/aromatic N) is 4. The molecule has 0 unspecified atom stereocenters. The van der Waals surface area contributed by atoms with Crippen molar-refractivity contribution in [2.24, 2.45) is 0 Å². The Morgan fingerprint density at radius 2 is 0.795 bits per heavy atom. The maximum Gasteiger partial charge on any atom is 0.417 e. The van der Waals surface area contributed by atoms with Gasteiger partial charge in [-0.1, -0.05) is 0 Å². The van der Waals surface area contributed by atoms with Gasteiger partial charge in [0, 0.05) is 33.0 Å². The average molecular weight is 604 g/mol. The molecule has 0 fully saturated rings. The molecule has 0 spiro atoms. The van der Waals surface area contributed by atoms with Gasteiger partial charge in [0.05, 0.1) is 45.8 Å². The monoisotopic (exact) mass is 604 g/mol. The number of anilines is 2. The minimum absolute atomic E-state index is 0.131. The summed E-state index contributed by atoms with van der Waals surface area (Å²) in [5.41, 5.74) is -6.10. The fourth-order valence-electron chi connectivity index (χ4n) is 5.35. The summed E-state index contributed by atoms with van der Waals surface area (Å²) in [7, 11) is 0. The van der Waals surface area contributed by atoms with Gasteiger partial charge < -0.3 is 0 Å². The maximum atomic E-state index is 13.6. The molecule has 0 aliphatic carbocycles. The molecule has 0 saturated carbocycles. The molecule has 0 atom stereocenters. The molecule has 6 rings (SSSR count). The minimum atomic E-state index is -4.98. The second-order valence-electron chi connectivity index (χ2n) is 9.64. The Morgan fingerprint density at radius 3 is 1.05 bits per heavy atom. The molecule has 8 nitrogen and oxygen atoms in total. The van der Waals surface area contributed by atoms with Crippen LogP contribution in [0.2, 0.25) is 0 Å². The quantitative estimate of drug-likeness (QED) is 0.198. The summed E-state index contributed by atoms with van der Waals surface area (Å²) in [4.78, 5) is 55.1. The van der Waals surface area contributed by atoms with Gasteiger partial charge in [-0.25, -0.2) is 9.80 Å². The van der Waals surface area contributed by atoms with Crippen LogP contribution in [0, 0.1) is 22.7 Å². The molecule has 216 valence electrons. The number of hydrogen-bond donors (Lipinski definition) is 0. The van der Waals surface area contributed by atoms with E-state index < -0.39 is 69.6 Å². The van der Waals surface area contributed by atoms with Crippen LogP contribution in [-0.2, 0) is 12.4 Å². The molecule has 2 aliphatic rings. The summed E-state index contributed by atoms with van der Waals surface area (Å²) in [6.07, 6.45) is -9.96. The third-order valence-electron chi connectivity index (χ3n) is 7.27. The number of imide groups is 2. The van der Waals surface area contributed by atoms with Crippen molar-refractivity contribution in [2.75, 3.05) is 9.80 Å². The lowest BCUT2D eigenvalue weighted by Crippen LogP contribution is -2.43. The number of benzene rings is 4. The Balaban J connectivity index is 1.50. The molecule has 0 N–H and O–H groups in total. The third kappa shape index (κ3) is 3.92. The molecule has 44 heavy (non-hydrogen) atoms. The molecule has 0 bridgehead atoms. The highest BCUT2D eigenvalue weighted by molar-refractivity contribution is 6.42. The standard InChI is InChI=1S/C30H10F6N4O4/c31-29(32,33)21-9-15(3-1-13(21)11-37)39-25(41)17-5-7-19-24-20(8-6-18(23(17)24)26(39)42)28(44)40(27(19)43)16-4-2-14(12-38)22(10-16)30(34,35)36/h1-10H. The summed E-state index contributed by atoms with van der Waals surface area (Å²) < 4.78 is 81.6. The first-order valence-corrected chi connectivity index (χ1v) is 12.3. The van der Waals surface area contributed by atoms with Gasteiger partial charge in [-0.2, -0.15) is 36.9 Å². The molecule has 2 heterocycles. The van der Waals surface area contributed by atoms with Gasteiger partial charge in [0.2, 0.25) is 0 Å². The predicted molar refractivity (Wildman–Crippen MR) is 139 cm³/mol. The van der Waals surface area contributed by atoms with Crippen LogP contribution in [-0.4, -0.2) is 23.6 Å². The number of rotatable bonds is 2. The van der Waals surface area contributed by atoms with Crippen molar-refractivity contribution in [1.29, 1.82) is 10.5 Å². The highest BCUT2D eigenvalue weighted by Gasteiger charge is 2.43. The van der Waals surface area contributed by atoms with Crippen LogP contribution < -0.4 is 9.80 Å². The first kappa shape index (κ1) is 28.1. The van der Waals surface area contributed by atoms with Gasteiger partial charge in [-0.05, 0) is 60.7 Å². The summed E-state index contributed by atoms with van der Waals surface area (Å²) >= 11 is 0. The van der Waals surface area contributed by atoms with E-state index in [0.29, 0.717) is 21.9 Å². The lowest BCUT2D eigenvalue weighted by Gasteiger charge is -2.32. The molecule has 0 radical (unpaired) electrons. The Bertz CT molecular complexity index is 1900. The first-order chi connectivity index (χ1) is 20.7. The second-order valence-corrected chi connectivity index (χ2v) is 9.64. The van der Waals surface area contributed by atoms with Crippen molar-refractivity contribution >= 4 is 45.8 Å². The molecule has 0 aromatic heterocycles. The molecule has 14 heteroatoms. The fraction of sp³-hybridized carbons (Fsp3) is 0.0667. The number of carbonyl (C=O) groups excluding carboxylic acids is 4. The molecule has 4 aromatic carbocycles. The molecular weight excluding hydrogens is 594 g/mol. The van der Waals surface area contributed by atoms with Crippen LogP contribution in [0.4, 0.5) is 37.7 Å². The summed E-state index contributed by atoms with van der Waals surface area (Å²) in [6.45, 7) is 0. The van der Waals surface area contributed by atoms with E-state index in [2.05, 4.69) is 0 Å². The van der Waals surface area contributed by atoms with E-state index >= 15 is 0 Å². The van der Waals surface area contributed by atoms with Gasteiger partial charge >= 0.3 is 12.4 Å². The van der Waals surface area contributed by atoms with Gasteiger partial charge in [0.25, 0.3) is 23.6 Å². The zero-order valence-electron chi connectivity index (χ0n) is 21.5. The number of hydrogen-bond acceptors (Lipinski definition) is 6. The van der Waals surface area contributed by atoms with E-state index in [9.17, 15) is 45.5 Å². The second kappa shape index (κ2) is 9.24. The number of amides is 4. The van der Waals surface area contributed by atoms with Crippen LogP contribution in [0.25, 0.3) is 10.8 Å². The van der Waals surface area contributed by atoms with E-state index in [1.165, 1.54) is 12.1 Å². The maximum absolute atomic E-state index is 13.6. The Labute approximate surface area is 241 Å². The van der Waals surface area contributed by atoms with E-state index in [1.54, 1.807) is 0 Å². The van der Waals surface area contributed by atoms with Gasteiger partial charge in [0.1, 0.15) is 0 Å². The zero-order chi connectivity index (χ0) is 31.9. The van der Waals surface area contributed by atoms with Crippen LogP contribution >= 0.6 is 0 Å². The highest BCUT2D eigenvalue weighted by Crippen LogP contribution is 2.42. The average Bonchev–Trinajstić information content (AvgIpc) is 2.97. The van der Waals surface area contributed by atoms with Crippen molar-refractivity contribution in [2.45, 2.75) is 12.4 Å². The molecule has 2 aliphatic heterocycles. The van der Waals surface area contributed by atoms with Crippen LogP contribution in [0.3, 0.4) is 0 Å². The van der Waals surface area contributed by atoms with E-state index in [1.807, 2.05) is 0 Å². The zero-order valence-corrected chi connectivity index (χ0v) is 21.5. The SMILES string of the molecule is N#Cc1ccc(N2C(=O)c3ccc4c5c(ccc(c35)C2=O)C(=O)N(c2ccc(C#N)c(C(F)(F)F)c2)C4=O)cc1C(F)(F)F. The van der Waals surface area contributed by atoms with Crippen LogP contribution in [0.5, 0.6) is 0 Å². The van der Waals surface area contributed by atoms with Crippen LogP contribution in [0.1, 0.15) is 63.7 Å². The Morgan fingerprint density at radius 1 is 0.500 bits per heavy atom. The van der Waals surface area contributed by atoms with E-state index in [-0.39, 0.29) is 33.0 Å². The number of nitriles is 2. The smallest absolute Gasteiger partial charge is 0.268 e. The number of halogens is 6. The molecule has 4 aromatic rings. The first-order valence-electron chi connectivity index (χ1n) is 12.3. The lowest BCUT2D eigenvalue weighted by atomic mass is 9.85. The van der Waals surface area contributed by atoms with Gasteiger partial charge in [0.15, 0.2) is 0 Å². The molecule has 4 amide bonds. The summed E-state index contributed by atoms with van der Waals surface area (Å²) in [6, 6.07) is 11.9. The van der Waals surface area contributed by atoms with Crippen LogP contribution in [0.15, 0.2) is 60.7 Å². The minimum Gasteiger partial charge on any atom is -0.268 e. The van der Waals surface area contributed by atoms with E-state index in [4.69, 9.17) is 10.5 Å². The Hall–Kier alpha value is -6.02. The van der Waals surface area contributed by atoms with Crippen molar-refractivity contribution in [3.63, 3.8) is 0 Å². The largest absolute Gasteiger partial charge is 0.417 e. The van der Waals surface area contributed by atoms with Crippen molar-refractivity contribution in [1.82, 2.24) is 0 Å². The summed E-state index contributed by atoms with van der Waals surface area (Å²) in [5.74, 6) is -4.30. The summed E-state index contributed by atoms with van der Waals surface area (Å²) in [5, 5.41) is 17.9. The van der Waals surface area contributed by atoms with Crippen molar-refractivity contribution in [3.8, 4) is 12.1 Å². The molecule has 0 saturated heterocycles. The Kier molecular flexibility index (Phi) is 5.90. The van der Waals surface area contributed by atoms with Crippen molar-refractivity contribution in [3.05, 3.63) is 105 Å². The molecular formula is C30H10F6N4O4. The van der Waals surface area contributed by atoms with Gasteiger partial charge in [-0.15, -0.1) is 0 Å². The topological polar surface area (TPSA) is 122 Å².